The third kappa shape index (κ3) is 4.75. The summed E-state index contributed by atoms with van der Waals surface area (Å²) in [5.41, 5.74) is 2.90. The van der Waals surface area contributed by atoms with Crippen molar-refractivity contribution >= 4 is 17.4 Å². The molecule has 1 atom stereocenters. The number of aromatic hydroxyl groups is 1. The van der Waals surface area contributed by atoms with Crippen LogP contribution in [0.25, 0.3) is 5.76 Å². The van der Waals surface area contributed by atoms with Crippen LogP contribution in [0.2, 0.25) is 0 Å². The van der Waals surface area contributed by atoms with Gasteiger partial charge in [0.15, 0.2) is 0 Å². The van der Waals surface area contributed by atoms with Crippen LogP contribution in [-0.4, -0.2) is 40.5 Å². The van der Waals surface area contributed by atoms with Gasteiger partial charge in [-0.2, -0.15) is 0 Å². The number of rotatable bonds is 8. The average molecular weight is 452 g/mol. The van der Waals surface area contributed by atoms with Crippen LogP contribution in [0.1, 0.15) is 74.2 Å². The maximum Gasteiger partial charge on any atom is 0.295 e. The number of phenols is 1. The number of likely N-dealkylation sites (tertiary alicyclic amines) is 1. The molecule has 0 aromatic heterocycles. The van der Waals surface area contributed by atoms with E-state index in [1.165, 1.54) is 17.0 Å². The van der Waals surface area contributed by atoms with Gasteiger partial charge in [0.05, 0.1) is 18.7 Å². The van der Waals surface area contributed by atoms with E-state index in [4.69, 9.17) is 4.74 Å². The number of amides is 1. The summed E-state index contributed by atoms with van der Waals surface area (Å²) in [6.07, 6.45) is 2.68. The number of nitrogens with zero attached hydrogens (tertiary/aromatic N) is 1. The minimum atomic E-state index is -0.716. The van der Waals surface area contributed by atoms with Crippen molar-refractivity contribution in [3.05, 3.63) is 64.2 Å². The number of benzene rings is 2. The van der Waals surface area contributed by atoms with Gasteiger partial charge in [-0.25, -0.2) is 0 Å². The van der Waals surface area contributed by atoms with E-state index in [0.717, 1.165) is 30.4 Å². The Morgan fingerprint density at radius 1 is 1.12 bits per heavy atom. The van der Waals surface area contributed by atoms with Gasteiger partial charge in [0.2, 0.25) is 0 Å². The maximum atomic E-state index is 13.2. The fourth-order valence-corrected chi connectivity index (χ4v) is 4.37. The van der Waals surface area contributed by atoms with Crippen LogP contribution < -0.4 is 4.74 Å². The van der Waals surface area contributed by atoms with Crippen molar-refractivity contribution < 1.29 is 24.5 Å². The fraction of sp³-hybridized carbons (Fsp3) is 0.407. The number of hydrogen-bond acceptors (Lipinski definition) is 5. The topological polar surface area (TPSA) is 87.1 Å². The number of unbranched alkanes of at least 4 members (excludes halogenated alkanes) is 2. The van der Waals surface area contributed by atoms with Gasteiger partial charge in [0.25, 0.3) is 11.7 Å². The number of Topliss-reactive ketones (excluding diaryl/α,β-unsaturated/α-hetero) is 1. The molecule has 0 saturated carbocycles. The molecule has 33 heavy (non-hydrogen) atoms. The summed E-state index contributed by atoms with van der Waals surface area (Å²) in [7, 11) is 1.60. The van der Waals surface area contributed by atoms with Crippen LogP contribution in [0.15, 0.2) is 42.0 Å². The Morgan fingerprint density at radius 3 is 2.36 bits per heavy atom. The molecular weight excluding hydrogens is 418 g/mol. The Kier molecular flexibility index (Phi) is 7.46. The number of ether oxygens (including phenoxy) is 1. The summed E-state index contributed by atoms with van der Waals surface area (Å²) in [4.78, 5) is 27.7. The fourth-order valence-electron chi connectivity index (χ4n) is 4.37. The number of aliphatic hydroxyl groups is 1. The van der Waals surface area contributed by atoms with Crippen molar-refractivity contribution in [2.24, 2.45) is 0 Å². The van der Waals surface area contributed by atoms with Crippen LogP contribution in [0.4, 0.5) is 0 Å². The average Bonchev–Trinajstić information content (AvgIpc) is 3.04. The van der Waals surface area contributed by atoms with E-state index in [0.29, 0.717) is 23.4 Å². The molecule has 1 amide bonds. The first-order valence-corrected chi connectivity index (χ1v) is 11.5. The molecule has 176 valence electrons. The standard InChI is InChI=1S/C27H33NO5/c1-6-7-8-13-28-24(18-9-11-19(29)12-10-18)23(26(31)27(28)32)25(30)21-15-20(16(2)3)22(33-5)14-17(21)4/h9-12,14-16,24,29-30H,6-8,13H2,1-5H3/b25-23+. The Labute approximate surface area is 195 Å². The molecule has 1 saturated heterocycles. The summed E-state index contributed by atoms with van der Waals surface area (Å²) >= 11 is 0. The van der Waals surface area contributed by atoms with Crippen LogP contribution in [-0.2, 0) is 9.59 Å². The first-order chi connectivity index (χ1) is 15.7. The molecule has 1 unspecified atom stereocenters. The number of aryl methyl sites for hydroxylation is 1. The third-order valence-corrected chi connectivity index (χ3v) is 6.21. The lowest BCUT2D eigenvalue weighted by atomic mass is 9.91. The van der Waals surface area contributed by atoms with Crippen LogP contribution in [0.3, 0.4) is 0 Å². The second-order valence-electron chi connectivity index (χ2n) is 8.85. The first kappa shape index (κ1) is 24.4. The molecule has 6 heteroatoms. The van der Waals surface area contributed by atoms with Crippen molar-refractivity contribution in [2.45, 2.75) is 58.9 Å². The highest BCUT2D eigenvalue weighted by atomic mass is 16.5. The monoisotopic (exact) mass is 451 g/mol. The summed E-state index contributed by atoms with van der Waals surface area (Å²) in [6.45, 7) is 8.39. The molecule has 6 nitrogen and oxygen atoms in total. The molecule has 2 aromatic rings. The quantitative estimate of drug-likeness (QED) is 0.241. The maximum absolute atomic E-state index is 13.2. The molecule has 0 bridgehead atoms. The van der Waals surface area contributed by atoms with Gasteiger partial charge in [-0.3, -0.25) is 9.59 Å². The molecule has 2 aromatic carbocycles. The number of methoxy groups -OCH3 is 1. The SMILES string of the molecule is CCCCCN1C(=O)C(=O)/C(=C(/O)c2cc(C(C)C)c(OC)cc2C)C1c1ccc(O)cc1. The lowest BCUT2D eigenvalue weighted by Crippen LogP contribution is -2.30. The molecule has 1 aliphatic heterocycles. The molecule has 1 heterocycles. The number of carbonyl (C=O) groups excluding carboxylic acids is 2. The van der Waals surface area contributed by atoms with E-state index >= 15 is 0 Å². The van der Waals surface area contributed by atoms with Gasteiger partial charge in [-0.05, 0) is 60.2 Å². The zero-order valence-electron chi connectivity index (χ0n) is 20.0. The second-order valence-corrected chi connectivity index (χ2v) is 8.85. The largest absolute Gasteiger partial charge is 0.508 e. The molecule has 0 spiro atoms. The highest BCUT2D eigenvalue weighted by molar-refractivity contribution is 6.46. The molecule has 0 radical (unpaired) electrons. The Hall–Kier alpha value is -3.28. The lowest BCUT2D eigenvalue weighted by molar-refractivity contribution is -0.139. The van der Waals surface area contributed by atoms with Gasteiger partial charge >= 0.3 is 0 Å². The Balaban J connectivity index is 2.20. The second kappa shape index (κ2) is 10.1. The molecule has 1 fully saturated rings. The number of carbonyl (C=O) groups is 2. The highest BCUT2D eigenvalue weighted by Gasteiger charge is 2.45. The van der Waals surface area contributed by atoms with Crippen LogP contribution in [0.5, 0.6) is 11.5 Å². The van der Waals surface area contributed by atoms with Gasteiger partial charge in [-0.1, -0.05) is 45.7 Å². The molecule has 0 aliphatic carbocycles. The summed E-state index contributed by atoms with van der Waals surface area (Å²) in [5, 5.41) is 21.2. The van der Waals surface area contributed by atoms with E-state index in [1.807, 2.05) is 32.9 Å². The zero-order chi connectivity index (χ0) is 24.3. The van der Waals surface area contributed by atoms with E-state index in [9.17, 15) is 19.8 Å². The van der Waals surface area contributed by atoms with Crippen molar-refractivity contribution in [1.29, 1.82) is 0 Å². The number of hydrogen-bond donors (Lipinski definition) is 2. The van der Waals surface area contributed by atoms with Crippen molar-refractivity contribution in [1.82, 2.24) is 4.90 Å². The van der Waals surface area contributed by atoms with Gasteiger partial charge in [-0.15, -0.1) is 0 Å². The van der Waals surface area contributed by atoms with E-state index in [1.54, 1.807) is 19.2 Å². The molecule has 3 rings (SSSR count). The number of ketones is 1. The first-order valence-electron chi connectivity index (χ1n) is 11.5. The lowest BCUT2D eigenvalue weighted by Gasteiger charge is -2.25. The normalized spacial score (nSPS) is 17.8. The Morgan fingerprint density at radius 2 is 1.79 bits per heavy atom. The van der Waals surface area contributed by atoms with Gasteiger partial charge < -0.3 is 19.8 Å². The van der Waals surface area contributed by atoms with E-state index in [-0.39, 0.29) is 23.0 Å². The molecule has 2 N–H and O–H groups in total. The Bertz CT molecular complexity index is 1070. The van der Waals surface area contributed by atoms with Crippen LogP contribution >= 0.6 is 0 Å². The van der Waals surface area contributed by atoms with Gasteiger partial charge in [0, 0.05) is 12.1 Å². The number of phenolic OH excluding ortho intramolecular Hbond substituents is 1. The smallest absolute Gasteiger partial charge is 0.295 e. The third-order valence-electron chi connectivity index (χ3n) is 6.21. The summed E-state index contributed by atoms with van der Waals surface area (Å²) in [6, 6.07) is 9.39. The molecule has 1 aliphatic rings. The van der Waals surface area contributed by atoms with Crippen molar-refractivity contribution in [3.63, 3.8) is 0 Å². The van der Waals surface area contributed by atoms with Crippen molar-refractivity contribution in [3.8, 4) is 11.5 Å². The highest BCUT2D eigenvalue weighted by Crippen LogP contribution is 2.41. The van der Waals surface area contributed by atoms with Gasteiger partial charge in [0.1, 0.15) is 17.3 Å². The van der Waals surface area contributed by atoms with E-state index in [2.05, 4.69) is 6.92 Å². The minimum Gasteiger partial charge on any atom is -0.508 e. The summed E-state index contributed by atoms with van der Waals surface area (Å²) in [5.74, 6) is -0.546. The van der Waals surface area contributed by atoms with Crippen LogP contribution in [0, 0.1) is 6.92 Å². The predicted molar refractivity (Wildman–Crippen MR) is 128 cm³/mol. The van der Waals surface area contributed by atoms with E-state index < -0.39 is 17.7 Å². The predicted octanol–water partition coefficient (Wildman–Crippen LogP) is 5.44. The number of aliphatic hydroxyl groups excluding tert-OH is 1. The van der Waals surface area contributed by atoms with Crippen molar-refractivity contribution in [2.75, 3.05) is 13.7 Å². The zero-order valence-corrected chi connectivity index (χ0v) is 20.0. The minimum absolute atomic E-state index is 0.0742. The molecular formula is C27H33NO5. The summed E-state index contributed by atoms with van der Waals surface area (Å²) < 4.78 is 5.51.